The third kappa shape index (κ3) is 4.83. The van der Waals surface area contributed by atoms with Gasteiger partial charge in [0, 0.05) is 17.1 Å². The zero-order valence-corrected chi connectivity index (χ0v) is 20.5. The molecule has 0 bridgehead atoms. The zero-order valence-electron chi connectivity index (χ0n) is 18.9. The number of amides is 2. The summed E-state index contributed by atoms with van der Waals surface area (Å²) in [5.41, 5.74) is 2.66. The van der Waals surface area contributed by atoms with Crippen molar-refractivity contribution in [1.29, 1.82) is 0 Å². The number of fused-ring (bicyclic) bond motifs is 4. The van der Waals surface area contributed by atoms with Crippen molar-refractivity contribution in [3.8, 4) is 5.75 Å². The third-order valence-electron chi connectivity index (χ3n) is 6.10. The summed E-state index contributed by atoms with van der Waals surface area (Å²) in [4.78, 5) is 46.4. The van der Waals surface area contributed by atoms with Gasteiger partial charge in [-0.2, -0.15) is 11.8 Å². The molecule has 3 heterocycles. The Balaban J connectivity index is 1.13. The Hall–Kier alpha value is -2.85. The van der Waals surface area contributed by atoms with Gasteiger partial charge in [-0.3, -0.25) is 14.4 Å². The van der Waals surface area contributed by atoms with Crippen LogP contribution in [-0.2, 0) is 28.2 Å². The monoisotopic (exact) mass is 498 g/mol. The maximum atomic E-state index is 12.6. The highest BCUT2D eigenvalue weighted by Crippen LogP contribution is 2.34. The molecule has 1 unspecified atom stereocenters. The summed E-state index contributed by atoms with van der Waals surface area (Å²) in [6, 6.07) is 5.31. The maximum absolute atomic E-state index is 12.6. The lowest BCUT2D eigenvalue weighted by Crippen LogP contribution is -2.28. The number of aryl methyl sites for hydroxylation is 2. The van der Waals surface area contributed by atoms with E-state index in [-0.39, 0.29) is 30.0 Å². The molecule has 178 valence electrons. The molecule has 34 heavy (non-hydrogen) atoms. The van der Waals surface area contributed by atoms with Crippen LogP contribution in [0.1, 0.15) is 54.1 Å². The number of carbonyl (C=O) groups excluding carboxylic acids is 2. The van der Waals surface area contributed by atoms with Crippen LogP contribution in [0.4, 0.5) is 5.69 Å². The molecule has 3 N–H and O–H groups in total. The van der Waals surface area contributed by atoms with Gasteiger partial charge in [0.05, 0.1) is 22.9 Å². The second kappa shape index (κ2) is 9.79. The predicted octanol–water partition coefficient (Wildman–Crippen LogP) is 3.70. The van der Waals surface area contributed by atoms with Crippen molar-refractivity contribution in [2.75, 3.05) is 17.7 Å². The molecule has 0 saturated heterocycles. The van der Waals surface area contributed by atoms with Crippen molar-refractivity contribution < 1.29 is 14.3 Å². The molecule has 5 rings (SSSR count). The van der Waals surface area contributed by atoms with Crippen LogP contribution in [0.15, 0.2) is 23.0 Å². The van der Waals surface area contributed by atoms with Crippen LogP contribution in [0.5, 0.6) is 5.75 Å². The molecule has 1 aliphatic heterocycles. The predicted molar refractivity (Wildman–Crippen MR) is 135 cm³/mol. The third-order valence-corrected chi connectivity index (χ3v) is 8.26. The molecule has 0 spiro atoms. The van der Waals surface area contributed by atoms with Crippen molar-refractivity contribution in [2.45, 2.75) is 50.8 Å². The number of nitrogens with zero attached hydrogens (tertiary/aromatic N) is 1. The van der Waals surface area contributed by atoms with E-state index in [9.17, 15) is 14.4 Å². The number of anilines is 1. The lowest BCUT2D eigenvalue weighted by molar-refractivity contribution is -0.121. The Labute approximate surface area is 204 Å². The van der Waals surface area contributed by atoms with Crippen LogP contribution < -0.4 is 20.9 Å². The van der Waals surface area contributed by atoms with Gasteiger partial charge in [0.25, 0.3) is 11.5 Å². The quantitative estimate of drug-likeness (QED) is 0.428. The minimum atomic E-state index is -0.202. The summed E-state index contributed by atoms with van der Waals surface area (Å²) < 4.78 is 5.38. The van der Waals surface area contributed by atoms with Gasteiger partial charge < -0.3 is 20.4 Å². The van der Waals surface area contributed by atoms with Crippen molar-refractivity contribution in [3.63, 3.8) is 0 Å². The number of carbonyl (C=O) groups is 2. The minimum absolute atomic E-state index is 0.0168. The normalized spacial score (nSPS) is 15.7. The molecule has 1 aromatic carbocycles. The topological polar surface area (TPSA) is 113 Å². The van der Waals surface area contributed by atoms with Crippen LogP contribution in [-0.4, -0.2) is 34.1 Å². The van der Waals surface area contributed by atoms with Gasteiger partial charge in [-0.25, -0.2) is 4.98 Å². The zero-order chi connectivity index (χ0) is 23.7. The fourth-order valence-corrected chi connectivity index (χ4v) is 6.46. The van der Waals surface area contributed by atoms with Crippen molar-refractivity contribution in [2.24, 2.45) is 0 Å². The van der Waals surface area contributed by atoms with E-state index < -0.39 is 0 Å². The number of rotatable bonds is 7. The van der Waals surface area contributed by atoms with E-state index in [0.29, 0.717) is 35.2 Å². The van der Waals surface area contributed by atoms with Crippen LogP contribution in [0.2, 0.25) is 0 Å². The van der Waals surface area contributed by atoms with Gasteiger partial charge in [0.2, 0.25) is 5.91 Å². The van der Waals surface area contributed by atoms with Gasteiger partial charge in [-0.1, -0.05) is 6.07 Å². The number of thioether (sulfide) groups is 1. The van der Waals surface area contributed by atoms with Crippen LogP contribution in [0.25, 0.3) is 10.2 Å². The van der Waals surface area contributed by atoms with Crippen molar-refractivity contribution in [1.82, 2.24) is 15.3 Å². The first kappa shape index (κ1) is 22.9. The number of hydrogen-bond acceptors (Lipinski definition) is 7. The standard InChI is InChI=1S/C24H26N4O4S2/c1-13(14-6-7-17-16(10-14)26-21(30)11-32-17)25-20(29)8-9-33-12-19-27-23(31)22-15-4-2-3-5-18(15)34-24(22)28-19/h6-7,10,13H,2-5,8-9,11-12H2,1H3,(H,25,29)(H,26,30)(H,27,28,31). The van der Waals surface area contributed by atoms with E-state index >= 15 is 0 Å². The SMILES string of the molecule is CC(NC(=O)CCSCc1nc2sc3c(c2c(=O)[nH]1)CCCC3)c1ccc2c(c1)NC(=O)CO2. The molecule has 0 saturated carbocycles. The molecule has 0 fully saturated rings. The van der Waals surface area contributed by atoms with E-state index in [1.165, 1.54) is 16.9 Å². The molecule has 1 aliphatic carbocycles. The van der Waals surface area contributed by atoms with Gasteiger partial charge in [-0.05, 0) is 55.9 Å². The molecular weight excluding hydrogens is 472 g/mol. The van der Waals surface area contributed by atoms with E-state index in [4.69, 9.17) is 4.74 Å². The first-order chi connectivity index (χ1) is 16.5. The molecule has 2 aliphatic rings. The molecule has 3 aromatic rings. The van der Waals surface area contributed by atoms with Crippen LogP contribution in [0.3, 0.4) is 0 Å². The number of hydrogen-bond donors (Lipinski definition) is 3. The average Bonchev–Trinajstić information content (AvgIpc) is 3.20. The van der Waals surface area contributed by atoms with Crippen LogP contribution >= 0.6 is 23.1 Å². The summed E-state index contributed by atoms with van der Waals surface area (Å²) in [5, 5.41) is 6.55. The Kier molecular flexibility index (Phi) is 6.60. The van der Waals surface area contributed by atoms with Gasteiger partial charge in [0.1, 0.15) is 16.4 Å². The van der Waals surface area contributed by atoms with E-state index in [0.717, 1.165) is 35.0 Å². The van der Waals surface area contributed by atoms with Crippen LogP contribution in [0, 0.1) is 0 Å². The summed E-state index contributed by atoms with van der Waals surface area (Å²) >= 11 is 3.23. The van der Waals surface area contributed by atoms with E-state index in [2.05, 4.69) is 20.6 Å². The Bertz CT molecular complexity index is 1320. The number of H-pyrrole nitrogens is 1. The number of benzene rings is 1. The molecule has 2 amide bonds. The van der Waals surface area contributed by atoms with Gasteiger partial charge >= 0.3 is 0 Å². The number of nitrogens with one attached hydrogen (secondary N) is 3. The van der Waals surface area contributed by atoms with E-state index in [1.807, 2.05) is 19.1 Å². The number of thiophene rings is 1. The summed E-state index contributed by atoms with van der Waals surface area (Å²) in [6.07, 6.45) is 4.68. The molecule has 10 heteroatoms. The highest BCUT2D eigenvalue weighted by atomic mass is 32.2. The summed E-state index contributed by atoms with van der Waals surface area (Å²) in [5.74, 6) is 2.23. The lowest BCUT2D eigenvalue weighted by Gasteiger charge is -2.21. The van der Waals surface area contributed by atoms with Gasteiger partial charge in [-0.15, -0.1) is 11.3 Å². The second-order valence-corrected chi connectivity index (χ2v) is 10.8. The largest absolute Gasteiger partial charge is 0.482 e. The molecule has 1 atom stereocenters. The molecular formula is C24H26N4O4S2. The number of aromatic amines is 1. The van der Waals surface area contributed by atoms with Crippen molar-refractivity contribution >= 4 is 50.8 Å². The smallest absolute Gasteiger partial charge is 0.262 e. The lowest BCUT2D eigenvalue weighted by atomic mass is 9.97. The maximum Gasteiger partial charge on any atom is 0.262 e. The number of aromatic nitrogens is 2. The average molecular weight is 499 g/mol. The molecule has 8 nitrogen and oxygen atoms in total. The highest BCUT2D eigenvalue weighted by molar-refractivity contribution is 7.98. The number of ether oxygens (including phenoxy) is 1. The first-order valence-corrected chi connectivity index (χ1v) is 13.4. The fraction of sp³-hybridized carbons (Fsp3) is 0.417. The Morgan fingerprint density at radius 1 is 1.29 bits per heavy atom. The summed E-state index contributed by atoms with van der Waals surface area (Å²) in [6.45, 7) is 1.92. The highest BCUT2D eigenvalue weighted by Gasteiger charge is 2.20. The Morgan fingerprint density at radius 3 is 3.03 bits per heavy atom. The van der Waals surface area contributed by atoms with Crippen molar-refractivity contribution in [3.05, 3.63) is 50.4 Å². The fourth-order valence-electron chi connectivity index (χ4n) is 4.38. The second-order valence-electron chi connectivity index (χ2n) is 8.59. The Morgan fingerprint density at radius 2 is 2.15 bits per heavy atom. The molecule has 0 radical (unpaired) electrons. The van der Waals surface area contributed by atoms with Gasteiger partial charge in [0.15, 0.2) is 6.61 Å². The minimum Gasteiger partial charge on any atom is -0.482 e. The van der Waals surface area contributed by atoms with E-state index in [1.54, 1.807) is 29.2 Å². The molecule has 2 aromatic heterocycles. The first-order valence-electron chi connectivity index (χ1n) is 11.4. The summed E-state index contributed by atoms with van der Waals surface area (Å²) in [7, 11) is 0.